The van der Waals surface area contributed by atoms with Gasteiger partial charge >= 0.3 is 0 Å². The number of hydrogen-bond donors (Lipinski definition) is 1. The van der Waals surface area contributed by atoms with Crippen LogP contribution in [0.15, 0.2) is 0 Å². The van der Waals surface area contributed by atoms with Crippen LogP contribution in [0.3, 0.4) is 0 Å². The van der Waals surface area contributed by atoms with Gasteiger partial charge in [-0.3, -0.25) is 0 Å². The molecule has 0 unspecified atom stereocenters. The molecule has 0 saturated heterocycles. The quantitative estimate of drug-likeness (QED) is 0.736. The Balaban J connectivity index is 2.20. The van der Waals surface area contributed by atoms with Crippen LogP contribution < -0.4 is 0 Å². The molecule has 0 spiro atoms. The van der Waals surface area contributed by atoms with E-state index in [-0.39, 0.29) is 0 Å². The van der Waals surface area contributed by atoms with E-state index in [1.807, 2.05) is 0 Å². The summed E-state index contributed by atoms with van der Waals surface area (Å²) in [6, 6.07) is 0. The lowest BCUT2D eigenvalue weighted by molar-refractivity contribution is 0.248. The van der Waals surface area contributed by atoms with Gasteiger partial charge in [-0.15, -0.1) is 0 Å². The highest BCUT2D eigenvalue weighted by Gasteiger charge is 2.39. The Kier molecular flexibility index (Phi) is 4.01. The van der Waals surface area contributed by atoms with E-state index in [0.29, 0.717) is 17.6 Å². The van der Waals surface area contributed by atoms with E-state index in [9.17, 15) is 0 Å². The van der Waals surface area contributed by atoms with Crippen LogP contribution in [0.2, 0.25) is 18.1 Å². The molecule has 0 bridgehead atoms. The van der Waals surface area contributed by atoms with E-state index in [1.165, 1.54) is 6.42 Å². The normalized spacial score (nSPS) is 26.8. The summed E-state index contributed by atoms with van der Waals surface area (Å²) < 4.78 is 6.09. The van der Waals surface area contributed by atoms with Crippen molar-refractivity contribution >= 4 is 8.32 Å². The molecular weight excluding hydrogens is 204 g/mol. The highest BCUT2D eigenvalue weighted by molar-refractivity contribution is 6.74. The molecule has 1 aliphatic rings. The topological polar surface area (TPSA) is 29.5 Å². The van der Waals surface area contributed by atoms with Gasteiger partial charge in [-0.2, -0.15) is 0 Å². The van der Waals surface area contributed by atoms with Gasteiger partial charge in [0, 0.05) is 13.2 Å². The lowest BCUT2D eigenvalue weighted by Gasteiger charge is -2.36. The molecule has 1 fully saturated rings. The van der Waals surface area contributed by atoms with Crippen LogP contribution in [0, 0.1) is 11.8 Å². The predicted molar refractivity (Wildman–Crippen MR) is 66.4 cm³/mol. The van der Waals surface area contributed by atoms with Crippen molar-refractivity contribution in [2.75, 3.05) is 13.2 Å². The highest BCUT2D eigenvalue weighted by Crippen LogP contribution is 2.42. The SMILES string of the molecule is CC(C)(C)[Si](C)(C)OCC[C@@H]1C[C@H]1CO. The molecular formula is C12H26O2Si. The molecule has 1 rings (SSSR count). The fourth-order valence-corrected chi connectivity index (χ4v) is 2.63. The van der Waals surface area contributed by atoms with Crippen molar-refractivity contribution in [2.45, 2.75) is 51.7 Å². The van der Waals surface area contributed by atoms with E-state index in [4.69, 9.17) is 9.53 Å². The van der Waals surface area contributed by atoms with E-state index in [0.717, 1.165) is 18.9 Å². The molecule has 0 aromatic heterocycles. The minimum atomic E-state index is -1.54. The average Bonchev–Trinajstić information content (AvgIpc) is 2.81. The summed E-state index contributed by atoms with van der Waals surface area (Å²) in [4.78, 5) is 0. The van der Waals surface area contributed by atoms with Gasteiger partial charge in [-0.1, -0.05) is 20.8 Å². The molecule has 3 heteroatoms. The van der Waals surface area contributed by atoms with Gasteiger partial charge in [0.2, 0.25) is 0 Å². The minimum Gasteiger partial charge on any atom is -0.417 e. The summed E-state index contributed by atoms with van der Waals surface area (Å²) in [7, 11) is -1.54. The van der Waals surface area contributed by atoms with Crippen molar-refractivity contribution < 1.29 is 9.53 Å². The standard InChI is InChI=1S/C12H26O2Si/c1-12(2,3)15(4,5)14-7-6-10-8-11(10)9-13/h10-11,13H,6-9H2,1-5H3/t10-,11+/m1/s1. The van der Waals surface area contributed by atoms with Crippen molar-refractivity contribution in [3.05, 3.63) is 0 Å². The zero-order valence-electron chi connectivity index (χ0n) is 10.8. The lowest BCUT2D eigenvalue weighted by atomic mass is 10.2. The summed E-state index contributed by atoms with van der Waals surface area (Å²) in [5, 5.41) is 9.25. The Morgan fingerprint density at radius 2 is 1.87 bits per heavy atom. The number of rotatable bonds is 5. The third-order valence-electron chi connectivity index (χ3n) is 4.06. The van der Waals surface area contributed by atoms with Crippen LogP contribution >= 0.6 is 0 Å². The Hall–Kier alpha value is 0.137. The van der Waals surface area contributed by atoms with Gasteiger partial charge in [0.15, 0.2) is 8.32 Å². The van der Waals surface area contributed by atoms with Crippen LogP contribution in [0.5, 0.6) is 0 Å². The highest BCUT2D eigenvalue weighted by atomic mass is 28.4. The summed E-state index contributed by atoms with van der Waals surface area (Å²) in [5.41, 5.74) is 0. The molecule has 0 aliphatic heterocycles. The predicted octanol–water partition coefficient (Wildman–Crippen LogP) is 3.03. The second kappa shape index (κ2) is 4.56. The fourth-order valence-electron chi connectivity index (χ4n) is 1.57. The molecule has 1 N–H and O–H groups in total. The molecule has 1 aliphatic carbocycles. The molecule has 0 heterocycles. The maximum atomic E-state index is 8.93. The van der Waals surface area contributed by atoms with Gasteiger partial charge in [0.25, 0.3) is 0 Å². The number of aliphatic hydroxyl groups excluding tert-OH is 1. The third kappa shape index (κ3) is 3.57. The van der Waals surface area contributed by atoms with Crippen molar-refractivity contribution in [2.24, 2.45) is 11.8 Å². The summed E-state index contributed by atoms with van der Waals surface area (Å²) in [6.45, 7) is 12.7. The molecule has 90 valence electrons. The number of aliphatic hydroxyl groups is 1. The summed E-state index contributed by atoms with van der Waals surface area (Å²) >= 11 is 0. The van der Waals surface area contributed by atoms with Crippen molar-refractivity contribution in [1.82, 2.24) is 0 Å². The molecule has 0 amide bonds. The largest absolute Gasteiger partial charge is 0.417 e. The van der Waals surface area contributed by atoms with Crippen LogP contribution in [0.1, 0.15) is 33.6 Å². The lowest BCUT2D eigenvalue weighted by Crippen LogP contribution is -2.41. The first-order valence-corrected chi connectivity index (χ1v) is 8.93. The Bertz CT molecular complexity index is 208. The van der Waals surface area contributed by atoms with Crippen LogP contribution in [0.25, 0.3) is 0 Å². The fraction of sp³-hybridized carbons (Fsp3) is 1.00. The summed E-state index contributed by atoms with van der Waals surface area (Å²) in [5.74, 6) is 1.31. The zero-order chi connectivity index (χ0) is 11.7. The maximum Gasteiger partial charge on any atom is 0.191 e. The monoisotopic (exact) mass is 230 g/mol. The van der Waals surface area contributed by atoms with Gasteiger partial charge in [0.1, 0.15) is 0 Å². The molecule has 0 aromatic rings. The second-order valence-corrected chi connectivity index (χ2v) is 11.1. The molecule has 1 saturated carbocycles. The third-order valence-corrected chi connectivity index (χ3v) is 8.60. The van der Waals surface area contributed by atoms with Crippen molar-refractivity contribution in [3.8, 4) is 0 Å². The van der Waals surface area contributed by atoms with Gasteiger partial charge in [-0.05, 0) is 42.8 Å². The van der Waals surface area contributed by atoms with Crippen LogP contribution in [-0.4, -0.2) is 26.6 Å². The van der Waals surface area contributed by atoms with Gasteiger partial charge < -0.3 is 9.53 Å². The summed E-state index contributed by atoms with van der Waals surface area (Å²) in [6.07, 6.45) is 2.34. The van der Waals surface area contributed by atoms with Gasteiger partial charge in [-0.25, -0.2) is 0 Å². The Labute approximate surface area is 95.2 Å². The smallest absolute Gasteiger partial charge is 0.191 e. The first-order valence-electron chi connectivity index (χ1n) is 6.03. The first-order chi connectivity index (χ1) is 6.78. The Morgan fingerprint density at radius 1 is 1.27 bits per heavy atom. The van der Waals surface area contributed by atoms with Crippen molar-refractivity contribution in [3.63, 3.8) is 0 Å². The van der Waals surface area contributed by atoms with E-state index in [1.54, 1.807) is 0 Å². The number of hydrogen-bond acceptors (Lipinski definition) is 2. The molecule has 15 heavy (non-hydrogen) atoms. The van der Waals surface area contributed by atoms with E-state index < -0.39 is 8.32 Å². The molecule has 0 aromatic carbocycles. The molecule has 2 atom stereocenters. The molecule has 2 nitrogen and oxygen atoms in total. The zero-order valence-corrected chi connectivity index (χ0v) is 11.8. The Morgan fingerprint density at radius 3 is 2.27 bits per heavy atom. The van der Waals surface area contributed by atoms with Crippen molar-refractivity contribution in [1.29, 1.82) is 0 Å². The second-order valence-electron chi connectivity index (χ2n) is 6.34. The first kappa shape index (κ1) is 13.2. The minimum absolute atomic E-state index is 0.312. The average molecular weight is 230 g/mol. The van der Waals surface area contributed by atoms with E-state index in [2.05, 4.69) is 33.9 Å². The van der Waals surface area contributed by atoms with Crippen LogP contribution in [-0.2, 0) is 4.43 Å². The maximum absolute atomic E-state index is 8.93. The van der Waals surface area contributed by atoms with Crippen LogP contribution in [0.4, 0.5) is 0 Å². The molecule has 0 radical (unpaired) electrons. The van der Waals surface area contributed by atoms with E-state index >= 15 is 0 Å². The van der Waals surface area contributed by atoms with Gasteiger partial charge in [0.05, 0.1) is 0 Å².